The number of benzene rings is 3. The molecule has 0 aliphatic rings. The fraction of sp³-hybridized carbons (Fsp3) is 0.200. The minimum atomic E-state index is -0.162. The lowest BCUT2D eigenvalue weighted by Gasteiger charge is -2.19. The van der Waals surface area contributed by atoms with Crippen LogP contribution in [0.25, 0.3) is 0 Å². The summed E-state index contributed by atoms with van der Waals surface area (Å²) in [6.45, 7) is 6.48. The van der Waals surface area contributed by atoms with E-state index in [2.05, 4.69) is 26.1 Å². The first-order valence-corrected chi connectivity index (χ1v) is 10.5. The van der Waals surface area contributed by atoms with Gasteiger partial charge in [0.2, 0.25) is 0 Å². The van der Waals surface area contributed by atoms with Crippen LogP contribution in [0.15, 0.2) is 83.8 Å². The Hall–Kier alpha value is -2.85. The van der Waals surface area contributed by atoms with E-state index >= 15 is 0 Å². The molecule has 3 aromatic rings. The number of carbonyl (C=O) groups excluding carboxylic acids is 2. The molecule has 0 radical (unpaired) electrons. The largest absolute Gasteiger partial charge is 0.322 e. The van der Waals surface area contributed by atoms with E-state index in [1.165, 1.54) is 17.3 Å². The molecule has 0 fully saturated rings. The first-order chi connectivity index (χ1) is 13.8. The molecule has 0 unspecified atom stereocenters. The molecule has 0 aliphatic carbocycles. The van der Waals surface area contributed by atoms with Crippen molar-refractivity contribution in [2.45, 2.75) is 31.1 Å². The van der Waals surface area contributed by atoms with Crippen LogP contribution < -0.4 is 5.32 Å². The van der Waals surface area contributed by atoms with Crippen molar-refractivity contribution >= 4 is 29.1 Å². The highest BCUT2D eigenvalue weighted by molar-refractivity contribution is 8.00. The summed E-state index contributed by atoms with van der Waals surface area (Å²) < 4.78 is 0. The molecule has 3 aromatic carbocycles. The Bertz CT molecular complexity index is 989. The number of hydrogen-bond donors (Lipinski definition) is 1. The Morgan fingerprint density at radius 2 is 1.48 bits per heavy atom. The van der Waals surface area contributed by atoms with Crippen molar-refractivity contribution in [3.05, 3.63) is 95.6 Å². The molecule has 29 heavy (non-hydrogen) atoms. The predicted octanol–water partition coefficient (Wildman–Crippen LogP) is 6.21. The van der Waals surface area contributed by atoms with Crippen molar-refractivity contribution in [1.82, 2.24) is 0 Å². The third kappa shape index (κ3) is 5.81. The summed E-state index contributed by atoms with van der Waals surface area (Å²) in [6.07, 6.45) is 0. The lowest BCUT2D eigenvalue weighted by atomic mass is 9.87. The molecule has 1 amide bonds. The Balaban J connectivity index is 1.62. The second kappa shape index (κ2) is 9.10. The second-order valence-corrected chi connectivity index (χ2v) is 8.94. The molecule has 0 saturated carbocycles. The third-order valence-electron chi connectivity index (χ3n) is 4.57. The lowest BCUT2D eigenvalue weighted by molar-refractivity contribution is 0.101. The van der Waals surface area contributed by atoms with Gasteiger partial charge in [-0.15, -0.1) is 11.8 Å². The molecule has 4 heteroatoms. The van der Waals surface area contributed by atoms with Gasteiger partial charge in [-0.2, -0.15) is 0 Å². The van der Waals surface area contributed by atoms with E-state index < -0.39 is 0 Å². The molecular formula is C25H25NO2S. The van der Waals surface area contributed by atoms with Gasteiger partial charge in [-0.3, -0.25) is 9.59 Å². The minimum Gasteiger partial charge on any atom is -0.322 e. The molecule has 0 spiro atoms. The minimum absolute atomic E-state index is 0.0735. The first-order valence-electron chi connectivity index (χ1n) is 9.56. The Morgan fingerprint density at radius 1 is 0.828 bits per heavy atom. The summed E-state index contributed by atoms with van der Waals surface area (Å²) in [7, 11) is 0. The van der Waals surface area contributed by atoms with Crippen LogP contribution >= 0.6 is 11.8 Å². The smallest absolute Gasteiger partial charge is 0.255 e. The summed E-state index contributed by atoms with van der Waals surface area (Å²) in [6, 6.07) is 24.5. The van der Waals surface area contributed by atoms with E-state index in [1.807, 2.05) is 72.8 Å². The van der Waals surface area contributed by atoms with Gasteiger partial charge in [0.25, 0.3) is 5.91 Å². The van der Waals surface area contributed by atoms with Crippen LogP contribution in [0, 0.1) is 0 Å². The quantitative estimate of drug-likeness (QED) is 0.393. The Kier molecular flexibility index (Phi) is 6.55. The Morgan fingerprint density at radius 3 is 2.14 bits per heavy atom. The van der Waals surface area contributed by atoms with Gasteiger partial charge in [0.15, 0.2) is 5.78 Å². The topological polar surface area (TPSA) is 46.2 Å². The fourth-order valence-corrected chi connectivity index (χ4v) is 3.69. The van der Waals surface area contributed by atoms with E-state index in [0.717, 1.165) is 10.6 Å². The zero-order valence-corrected chi connectivity index (χ0v) is 17.8. The number of ketones is 1. The highest BCUT2D eigenvalue weighted by Crippen LogP contribution is 2.24. The van der Waals surface area contributed by atoms with Crippen LogP contribution in [0.2, 0.25) is 0 Å². The Labute approximate surface area is 176 Å². The van der Waals surface area contributed by atoms with Gasteiger partial charge in [0, 0.05) is 21.7 Å². The number of amides is 1. The van der Waals surface area contributed by atoms with E-state index in [1.54, 1.807) is 6.07 Å². The summed E-state index contributed by atoms with van der Waals surface area (Å²) in [4.78, 5) is 25.8. The average molecular weight is 404 g/mol. The normalized spacial score (nSPS) is 11.1. The van der Waals surface area contributed by atoms with Gasteiger partial charge in [-0.05, 0) is 41.3 Å². The number of carbonyl (C=O) groups is 2. The molecule has 0 aromatic heterocycles. The SMILES string of the molecule is CC(C)(C)c1ccc(NC(=O)c2cccc(SCC(=O)c3ccccc3)c2)cc1. The third-order valence-corrected chi connectivity index (χ3v) is 5.56. The number of Topliss-reactive ketones (excluding diaryl/α,β-unsaturated/α-hetero) is 1. The van der Waals surface area contributed by atoms with Crippen molar-refractivity contribution < 1.29 is 9.59 Å². The van der Waals surface area contributed by atoms with Crippen molar-refractivity contribution in [3.63, 3.8) is 0 Å². The summed E-state index contributed by atoms with van der Waals surface area (Å²) in [5.41, 5.74) is 3.33. The number of thioether (sulfide) groups is 1. The first kappa shape index (κ1) is 20.9. The number of hydrogen-bond acceptors (Lipinski definition) is 3. The molecule has 0 bridgehead atoms. The van der Waals surface area contributed by atoms with Crippen molar-refractivity contribution in [3.8, 4) is 0 Å². The van der Waals surface area contributed by atoms with Crippen LogP contribution in [0.1, 0.15) is 47.1 Å². The molecule has 0 heterocycles. The van der Waals surface area contributed by atoms with E-state index in [0.29, 0.717) is 16.9 Å². The summed E-state index contributed by atoms with van der Waals surface area (Å²) >= 11 is 1.44. The van der Waals surface area contributed by atoms with Crippen LogP contribution in [0.4, 0.5) is 5.69 Å². The standard InChI is InChI=1S/C25H25NO2S/c1-25(2,3)20-12-14-21(15-13-20)26-24(28)19-10-7-11-22(16-19)29-17-23(27)18-8-5-4-6-9-18/h4-16H,17H2,1-3H3,(H,26,28). The maximum absolute atomic E-state index is 12.6. The van der Waals surface area contributed by atoms with Crippen LogP contribution in [0.5, 0.6) is 0 Å². The fourth-order valence-electron chi connectivity index (χ4n) is 2.84. The van der Waals surface area contributed by atoms with Crippen LogP contribution in [-0.4, -0.2) is 17.4 Å². The van der Waals surface area contributed by atoms with Crippen molar-refractivity contribution in [2.75, 3.05) is 11.1 Å². The molecule has 3 rings (SSSR count). The molecule has 148 valence electrons. The van der Waals surface area contributed by atoms with Gasteiger partial charge in [0.05, 0.1) is 5.75 Å². The van der Waals surface area contributed by atoms with Crippen molar-refractivity contribution in [1.29, 1.82) is 0 Å². The van der Waals surface area contributed by atoms with Crippen LogP contribution in [0.3, 0.4) is 0 Å². The molecule has 0 aliphatic heterocycles. The number of anilines is 1. The average Bonchev–Trinajstić information content (AvgIpc) is 2.72. The zero-order chi connectivity index (χ0) is 20.9. The maximum atomic E-state index is 12.6. The van der Waals surface area contributed by atoms with Crippen LogP contribution in [-0.2, 0) is 5.41 Å². The van der Waals surface area contributed by atoms with Gasteiger partial charge < -0.3 is 5.32 Å². The van der Waals surface area contributed by atoms with E-state index in [4.69, 9.17) is 0 Å². The number of rotatable bonds is 6. The van der Waals surface area contributed by atoms with Gasteiger partial charge in [-0.25, -0.2) is 0 Å². The van der Waals surface area contributed by atoms with Gasteiger partial charge in [-0.1, -0.05) is 69.3 Å². The maximum Gasteiger partial charge on any atom is 0.255 e. The molecule has 0 saturated heterocycles. The molecular weight excluding hydrogens is 378 g/mol. The second-order valence-electron chi connectivity index (χ2n) is 7.89. The number of nitrogens with one attached hydrogen (secondary N) is 1. The molecule has 3 nitrogen and oxygen atoms in total. The molecule has 1 N–H and O–H groups in total. The molecule has 0 atom stereocenters. The van der Waals surface area contributed by atoms with Gasteiger partial charge >= 0.3 is 0 Å². The lowest BCUT2D eigenvalue weighted by Crippen LogP contribution is -2.13. The monoisotopic (exact) mass is 403 g/mol. The predicted molar refractivity (Wildman–Crippen MR) is 121 cm³/mol. The zero-order valence-electron chi connectivity index (χ0n) is 16.9. The highest BCUT2D eigenvalue weighted by Gasteiger charge is 2.14. The van der Waals surface area contributed by atoms with Gasteiger partial charge in [0.1, 0.15) is 0 Å². The summed E-state index contributed by atoms with van der Waals surface area (Å²) in [5, 5.41) is 2.94. The van der Waals surface area contributed by atoms with E-state index in [-0.39, 0.29) is 17.1 Å². The summed E-state index contributed by atoms with van der Waals surface area (Å²) in [5.74, 6) is 0.248. The van der Waals surface area contributed by atoms with Crippen molar-refractivity contribution in [2.24, 2.45) is 0 Å². The van der Waals surface area contributed by atoms with E-state index in [9.17, 15) is 9.59 Å². The highest BCUT2D eigenvalue weighted by atomic mass is 32.2.